The van der Waals surface area contributed by atoms with E-state index in [1.807, 2.05) is 42.8 Å². The van der Waals surface area contributed by atoms with E-state index >= 15 is 0 Å². The Morgan fingerprint density at radius 2 is 2.30 bits per heavy atom. The van der Waals surface area contributed by atoms with E-state index in [9.17, 15) is 4.79 Å². The van der Waals surface area contributed by atoms with Crippen molar-refractivity contribution in [2.75, 3.05) is 6.54 Å². The summed E-state index contributed by atoms with van der Waals surface area (Å²) in [4.78, 5) is 19.7. The Morgan fingerprint density at radius 3 is 3.10 bits per heavy atom. The number of hydrogen-bond acceptors (Lipinski definition) is 3. The molecule has 0 saturated carbocycles. The van der Waals surface area contributed by atoms with Gasteiger partial charge >= 0.3 is 0 Å². The minimum absolute atomic E-state index is 0.0509. The fraction of sp³-hybridized carbons (Fsp3) is 0.200. The number of benzene rings is 1. The molecule has 20 heavy (non-hydrogen) atoms. The number of carbonyl (C=O) groups excluding carboxylic acids is 1. The van der Waals surface area contributed by atoms with Crippen molar-refractivity contribution in [2.24, 2.45) is 0 Å². The van der Waals surface area contributed by atoms with Crippen LogP contribution < -0.4 is 5.32 Å². The number of carbonyl (C=O) groups is 1. The second-order valence-corrected chi connectivity index (χ2v) is 5.67. The first-order valence-electron chi connectivity index (χ1n) is 6.49. The van der Waals surface area contributed by atoms with Crippen molar-refractivity contribution in [1.29, 1.82) is 0 Å². The molecule has 2 heterocycles. The molecule has 3 aromatic rings. The maximum atomic E-state index is 12.2. The lowest BCUT2D eigenvalue weighted by Gasteiger charge is -2.05. The summed E-state index contributed by atoms with van der Waals surface area (Å²) in [6.07, 6.45) is 2.61. The lowest BCUT2D eigenvalue weighted by Crippen LogP contribution is -2.26. The van der Waals surface area contributed by atoms with Crippen LogP contribution in [0.5, 0.6) is 0 Å². The van der Waals surface area contributed by atoms with Gasteiger partial charge in [-0.25, -0.2) is 4.98 Å². The molecule has 0 unspecified atom stereocenters. The van der Waals surface area contributed by atoms with E-state index in [1.165, 1.54) is 0 Å². The van der Waals surface area contributed by atoms with Gasteiger partial charge in [-0.15, -0.1) is 11.3 Å². The Balaban J connectivity index is 1.66. The van der Waals surface area contributed by atoms with E-state index in [0.717, 1.165) is 28.0 Å². The van der Waals surface area contributed by atoms with Gasteiger partial charge in [-0.3, -0.25) is 4.79 Å². The number of amides is 1. The summed E-state index contributed by atoms with van der Waals surface area (Å²) in [6, 6.07) is 7.68. The lowest BCUT2D eigenvalue weighted by molar-refractivity contribution is 0.0955. The van der Waals surface area contributed by atoms with Gasteiger partial charge in [0.1, 0.15) is 0 Å². The van der Waals surface area contributed by atoms with Crippen LogP contribution in [-0.2, 0) is 6.42 Å². The van der Waals surface area contributed by atoms with Crippen molar-refractivity contribution in [3.05, 3.63) is 52.1 Å². The fourth-order valence-electron chi connectivity index (χ4n) is 2.20. The molecule has 5 heteroatoms. The van der Waals surface area contributed by atoms with Crippen LogP contribution >= 0.6 is 11.3 Å². The number of thiazole rings is 1. The monoisotopic (exact) mass is 285 g/mol. The number of aryl methyl sites for hydroxylation is 1. The molecule has 2 aromatic heterocycles. The molecule has 0 aliphatic carbocycles. The normalized spacial score (nSPS) is 10.8. The Hall–Kier alpha value is -2.14. The van der Waals surface area contributed by atoms with Crippen molar-refractivity contribution in [1.82, 2.24) is 15.3 Å². The number of nitrogens with zero attached hydrogens (tertiary/aromatic N) is 1. The van der Waals surface area contributed by atoms with Crippen LogP contribution in [0.25, 0.3) is 10.9 Å². The van der Waals surface area contributed by atoms with Crippen LogP contribution in [0.1, 0.15) is 21.1 Å². The molecule has 0 radical (unpaired) electrons. The summed E-state index contributed by atoms with van der Waals surface area (Å²) in [5.74, 6) is -0.0509. The molecule has 0 fully saturated rings. The fourth-order valence-corrected chi connectivity index (χ4v) is 2.84. The van der Waals surface area contributed by atoms with Crippen molar-refractivity contribution in [3.63, 3.8) is 0 Å². The van der Waals surface area contributed by atoms with Crippen LogP contribution in [-0.4, -0.2) is 22.4 Å². The molecule has 0 saturated heterocycles. The molecule has 1 aromatic carbocycles. The van der Waals surface area contributed by atoms with Crippen LogP contribution in [0, 0.1) is 6.92 Å². The first-order valence-corrected chi connectivity index (χ1v) is 7.37. The maximum absolute atomic E-state index is 12.2. The molecule has 102 valence electrons. The highest BCUT2D eigenvalue weighted by Gasteiger charge is 2.10. The zero-order chi connectivity index (χ0) is 13.9. The van der Waals surface area contributed by atoms with E-state index < -0.39 is 0 Å². The zero-order valence-corrected chi connectivity index (χ0v) is 12.0. The third kappa shape index (κ3) is 2.58. The lowest BCUT2D eigenvalue weighted by atomic mass is 10.1. The summed E-state index contributed by atoms with van der Waals surface area (Å²) in [5, 5.41) is 7.09. The highest BCUT2D eigenvalue weighted by molar-refractivity contribution is 7.09. The van der Waals surface area contributed by atoms with Gasteiger partial charge in [-0.05, 0) is 19.1 Å². The van der Waals surface area contributed by atoms with Gasteiger partial charge in [-0.1, -0.05) is 12.1 Å². The standard InChI is InChI=1S/C15H15N3OS/c1-10-18-12(9-20-10)6-8-17-15(19)13-4-2-3-11-5-7-16-14(11)13/h2-5,7,9,16H,6,8H2,1H3,(H,17,19). The molecular formula is C15H15N3OS. The van der Waals surface area contributed by atoms with Crippen LogP contribution in [0.15, 0.2) is 35.8 Å². The number of aromatic amines is 1. The van der Waals surface area contributed by atoms with E-state index in [2.05, 4.69) is 15.3 Å². The topological polar surface area (TPSA) is 57.8 Å². The summed E-state index contributed by atoms with van der Waals surface area (Å²) >= 11 is 1.63. The molecule has 0 atom stereocenters. The molecule has 3 rings (SSSR count). The highest BCUT2D eigenvalue weighted by atomic mass is 32.1. The van der Waals surface area contributed by atoms with Gasteiger partial charge < -0.3 is 10.3 Å². The van der Waals surface area contributed by atoms with Gasteiger partial charge in [0.05, 0.1) is 21.8 Å². The van der Waals surface area contributed by atoms with Crippen molar-refractivity contribution < 1.29 is 4.79 Å². The first kappa shape index (κ1) is 12.9. The van der Waals surface area contributed by atoms with E-state index in [-0.39, 0.29) is 5.91 Å². The molecule has 2 N–H and O–H groups in total. The van der Waals surface area contributed by atoms with Gasteiger partial charge in [-0.2, -0.15) is 0 Å². The number of fused-ring (bicyclic) bond motifs is 1. The average molecular weight is 285 g/mol. The number of aromatic nitrogens is 2. The van der Waals surface area contributed by atoms with Gasteiger partial charge in [0.25, 0.3) is 5.91 Å². The van der Waals surface area contributed by atoms with Crippen molar-refractivity contribution >= 4 is 28.1 Å². The molecule has 0 spiro atoms. The summed E-state index contributed by atoms with van der Waals surface area (Å²) < 4.78 is 0. The third-order valence-electron chi connectivity index (χ3n) is 3.17. The number of para-hydroxylation sites is 1. The van der Waals surface area contributed by atoms with Crippen LogP contribution in [0.3, 0.4) is 0 Å². The zero-order valence-electron chi connectivity index (χ0n) is 11.1. The Morgan fingerprint density at radius 1 is 1.40 bits per heavy atom. The third-order valence-corrected chi connectivity index (χ3v) is 3.99. The second-order valence-electron chi connectivity index (χ2n) is 4.61. The van der Waals surface area contributed by atoms with E-state index in [0.29, 0.717) is 12.1 Å². The Bertz CT molecular complexity index is 744. The minimum Gasteiger partial charge on any atom is -0.361 e. The number of nitrogens with one attached hydrogen (secondary N) is 2. The van der Waals surface area contributed by atoms with E-state index in [1.54, 1.807) is 11.3 Å². The second kappa shape index (κ2) is 5.46. The number of rotatable bonds is 4. The molecule has 4 nitrogen and oxygen atoms in total. The largest absolute Gasteiger partial charge is 0.361 e. The van der Waals surface area contributed by atoms with Gasteiger partial charge in [0.15, 0.2) is 0 Å². The quantitative estimate of drug-likeness (QED) is 0.774. The Labute approximate surface area is 120 Å². The van der Waals surface area contributed by atoms with Crippen LogP contribution in [0.2, 0.25) is 0 Å². The molecule has 0 bridgehead atoms. The minimum atomic E-state index is -0.0509. The summed E-state index contributed by atoms with van der Waals surface area (Å²) in [7, 11) is 0. The molecule has 0 aliphatic rings. The van der Waals surface area contributed by atoms with Crippen molar-refractivity contribution in [3.8, 4) is 0 Å². The molecular weight excluding hydrogens is 270 g/mol. The van der Waals surface area contributed by atoms with Crippen molar-refractivity contribution in [2.45, 2.75) is 13.3 Å². The molecule has 1 amide bonds. The highest BCUT2D eigenvalue weighted by Crippen LogP contribution is 2.16. The Kier molecular flexibility index (Phi) is 3.52. The van der Waals surface area contributed by atoms with E-state index in [4.69, 9.17) is 0 Å². The molecule has 0 aliphatic heterocycles. The number of H-pyrrole nitrogens is 1. The predicted octanol–water partition coefficient (Wildman–Crippen LogP) is 2.91. The smallest absolute Gasteiger partial charge is 0.253 e. The number of hydrogen-bond donors (Lipinski definition) is 2. The van der Waals surface area contributed by atoms with Gasteiger partial charge in [0, 0.05) is 29.9 Å². The predicted molar refractivity (Wildman–Crippen MR) is 81.2 cm³/mol. The van der Waals surface area contributed by atoms with Crippen LogP contribution in [0.4, 0.5) is 0 Å². The SMILES string of the molecule is Cc1nc(CCNC(=O)c2cccc3cc[nH]c23)cs1. The average Bonchev–Trinajstić information content (AvgIpc) is 3.06. The van der Waals surface area contributed by atoms with Gasteiger partial charge in [0.2, 0.25) is 0 Å². The first-order chi connectivity index (χ1) is 9.74. The summed E-state index contributed by atoms with van der Waals surface area (Å²) in [6.45, 7) is 2.58. The summed E-state index contributed by atoms with van der Waals surface area (Å²) in [5.41, 5.74) is 2.60. The maximum Gasteiger partial charge on any atom is 0.253 e.